The van der Waals surface area contributed by atoms with E-state index in [9.17, 15) is 0 Å². The molecule has 0 aromatic carbocycles. The molecule has 7 heavy (non-hydrogen) atoms. The highest BCUT2D eigenvalue weighted by molar-refractivity contribution is 7.41. The molecular formula is C3H12B4. The number of hydrogen-bond donors (Lipinski definition) is 0. The summed E-state index contributed by atoms with van der Waals surface area (Å²) in [4.78, 5) is 0. The van der Waals surface area contributed by atoms with Gasteiger partial charge in [0.25, 0.3) is 0 Å². The summed E-state index contributed by atoms with van der Waals surface area (Å²) >= 11 is 0. The first-order valence-electron chi connectivity index (χ1n) is 3.27. The third kappa shape index (κ3) is 6.26. The maximum atomic E-state index is 2.27. The molecule has 0 fully saturated rings. The van der Waals surface area contributed by atoms with Crippen LogP contribution in [0, 0.1) is 0 Å². The molecule has 0 rings (SSSR count). The fraction of sp³-hybridized carbons (Fsp3) is 1.00. The molecule has 0 N–H and O–H groups in total. The molecule has 0 nitrogen and oxygen atoms in total. The Balaban J connectivity index is 2.68. The molecule has 0 aliphatic rings. The Morgan fingerprint density at radius 1 is 1.43 bits per heavy atom. The van der Waals surface area contributed by atoms with Gasteiger partial charge in [0.05, 0.1) is 14.9 Å². The molecular weight excluding hydrogens is 79.3 g/mol. The lowest BCUT2D eigenvalue weighted by Gasteiger charge is -1.94. The second kappa shape index (κ2) is 4.42. The average molecular weight is 91.4 g/mol. The van der Waals surface area contributed by atoms with Crippen molar-refractivity contribution in [2.24, 2.45) is 0 Å². The molecule has 0 aliphatic heterocycles. The molecule has 0 aromatic rings. The van der Waals surface area contributed by atoms with Crippen LogP contribution in [0.15, 0.2) is 0 Å². The molecule has 0 bridgehead atoms. The minimum absolute atomic E-state index is 0.903. The van der Waals surface area contributed by atoms with Crippen LogP contribution in [-0.4, -0.2) is 29.0 Å². The molecule has 0 heterocycles. The Bertz CT molecular complexity index is 35.9. The van der Waals surface area contributed by atoms with Crippen molar-refractivity contribution in [1.82, 2.24) is 0 Å². The van der Waals surface area contributed by atoms with Crippen molar-refractivity contribution in [3.8, 4) is 0 Å². The SMILES string of the molecule is BBBBC(C)C. The van der Waals surface area contributed by atoms with Gasteiger partial charge < -0.3 is 0 Å². The van der Waals surface area contributed by atoms with Crippen molar-refractivity contribution in [3.05, 3.63) is 0 Å². The second-order valence-electron chi connectivity index (χ2n) is 2.54. The summed E-state index contributed by atoms with van der Waals surface area (Å²) in [6.45, 7) is 4.55. The topological polar surface area (TPSA) is 0 Å². The lowest BCUT2D eigenvalue weighted by molar-refractivity contribution is 1.07. The Labute approximate surface area is 49.5 Å². The Morgan fingerprint density at radius 3 is 2.14 bits per heavy atom. The highest BCUT2D eigenvalue weighted by Crippen LogP contribution is 1.92. The van der Waals surface area contributed by atoms with Crippen molar-refractivity contribution in [1.29, 1.82) is 0 Å². The molecule has 4 heteroatoms. The van der Waals surface area contributed by atoms with Crippen molar-refractivity contribution in [2.75, 3.05) is 0 Å². The zero-order valence-electron chi connectivity index (χ0n) is 5.70. The van der Waals surface area contributed by atoms with E-state index in [2.05, 4.69) is 21.6 Å². The zero-order valence-corrected chi connectivity index (χ0v) is 5.70. The maximum Gasteiger partial charge on any atom is 0.0808 e. The van der Waals surface area contributed by atoms with E-state index in [0.29, 0.717) is 0 Å². The minimum atomic E-state index is 0.903. The summed E-state index contributed by atoms with van der Waals surface area (Å²) in [5, 5.41) is 0. The van der Waals surface area contributed by atoms with Gasteiger partial charge in [0.2, 0.25) is 0 Å². The van der Waals surface area contributed by atoms with Gasteiger partial charge in [-0.25, -0.2) is 0 Å². The van der Waals surface area contributed by atoms with E-state index in [1.807, 2.05) is 0 Å². The molecule has 0 radical (unpaired) electrons. The predicted octanol–water partition coefficient (Wildman–Crippen LogP) is -1.50. The molecule has 0 saturated heterocycles. The van der Waals surface area contributed by atoms with Crippen LogP contribution in [0.4, 0.5) is 0 Å². The quantitative estimate of drug-likeness (QED) is 0.371. The normalized spacial score (nSPS) is 8.43. The van der Waals surface area contributed by atoms with Crippen LogP contribution in [0.2, 0.25) is 5.82 Å². The zero-order chi connectivity index (χ0) is 5.70. The van der Waals surface area contributed by atoms with Gasteiger partial charge in [-0.05, 0) is 0 Å². The Hall–Kier alpha value is 0.260. The van der Waals surface area contributed by atoms with Crippen molar-refractivity contribution < 1.29 is 0 Å². The Morgan fingerprint density at radius 2 is 2.00 bits per heavy atom. The highest BCUT2D eigenvalue weighted by Gasteiger charge is 1.94. The van der Waals surface area contributed by atoms with Crippen molar-refractivity contribution >= 4 is 29.0 Å². The van der Waals surface area contributed by atoms with E-state index in [-0.39, 0.29) is 0 Å². The third-order valence-corrected chi connectivity index (χ3v) is 1.14. The monoisotopic (exact) mass is 92.1 g/mol. The number of hydrogen-bond acceptors (Lipinski definition) is 0. The van der Waals surface area contributed by atoms with E-state index in [0.717, 1.165) is 5.82 Å². The molecule has 0 unspecified atom stereocenters. The van der Waals surface area contributed by atoms with E-state index in [1.165, 1.54) is 21.3 Å². The van der Waals surface area contributed by atoms with Gasteiger partial charge in [0.1, 0.15) is 0 Å². The van der Waals surface area contributed by atoms with Crippen molar-refractivity contribution in [3.63, 3.8) is 0 Å². The summed E-state index contributed by atoms with van der Waals surface area (Å²) in [7, 11) is 6.38. The van der Waals surface area contributed by atoms with Gasteiger partial charge in [0.15, 0.2) is 0 Å². The molecule has 0 spiro atoms. The lowest BCUT2D eigenvalue weighted by Crippen LogP contribution is -2.14. The average Bonchev–Trinajstić information content (AvgIpc) is 1.61. The fourth-order valence-corrected chi connectivity index (χ4v) is 0.612. The van der Waals surface area contributed by atoms with Crippen LogP contribution in [0.5, 0.6) is 0 Å². The molecule has 36 valence electrons. The van der Waals surface area contributed by atoms with Gasteiger partial charge in [-0.2, -0.15) is 0 Å². The van der Waals surface area contributed by atoms with Gasteiger partial charge in [-0.3, -0.25) is 0 Å². The summed E-state index contributed by atoms with van der Waals surface area (Å²) in [5.41, 5.74) is 0. The largest absolute Gasteiger partial charge is 0.0808 e. The fourth-order valence-electron chi connectivity index (χ4n) is 0.612. The standard InChI is InChI=1S/C3H12B4/c1-3(2)5-7-6-4/h3,5-7H,4H2,1-2H3. The predicted molar refractivity (Wildman–Crippen MR) is 45.1 cm³/mol. The first-order valence-corrected chi connectivity index (χ1v) is 3.27. The van der Waals surface area contributed by atoms with Crippen LogP contribution in [-0.2, 0) is 0 Å². The van der Waals surface area contributed by atoms with E-state index >= 15 is 0 Å². The Kier molecular flexibility index (Phi) is 4.58. The third-order valence-electron chi connectivity index (χ3n) is 1.14. The molecule has 0 saturated carbocycles. The first kappa shape index (κ1) is 7.26. The molecule has 0 aliphatic carbocycles. The van der Waals surface area contributed by atoms with Gasteiger partial charge in [-0.15, -0.1) is 0 Å². The summed E-state index contributed by atoms with van der Waals surface area (Å²) in [6.07, 6.45) is 0. The molecule has 0 amide bonds. The van der Waals surface area contributed by atoms with Gasteiger partial charge >= 0.3 is 0 Å². The number of rotatable bonds is 3. The van der Waals surface area contributed by atoms with E-state index < -0.39 is 0 Å². The lowest BCUT2D eigenvalue weighted by atomic mass is 9.11. The maximum absolute atomic E-state index is 2.27. The van der Waals surface area contributed by atoms with Crippen LogP contribution in [0.1, 0.15) is 13.8 Å². The van der Waals surface area contributed by atoms with Gasteiger partial charge in [-0.1, -0.05) is 19.7 Å². The second-order valence-corrected chi connectivity index (χ2v) is 2.54. The summed E-state index contributed by atoms with van der Waals surface area (Å²) < 4.78 is 0. The minimum Gasteiger partial charge on any atom is -0.0796 e. The summed E-state index contributed by atoms with van der Waals surface area (Å²) in [6, 6.07) is 0. The van der Waals surface area contributed by atoms with E-state index in [1.54, 1.807) is 0 Å². The smallest absolute Gasteiger partial charge is 0.0796 e. The van der Waals surface area contributed by atoms with Crippen LogP contribution >= 0.6 is 0 Å². The van der Waals surface area contributed by atoms with Gasteiger partial charge in [0, 0.05) is 14.1 Å². The molecule has 0 atom stereocenters. The highest BCUT2D eigenvalue weighted by atomic mass is 13.6. The first-order chi connectivity index (χ1) is 3.27. The van der Waals surface area contributed by atoms with E-state index in [4.69, 9.17) is 0 Å². The summed E-state index contributed by atoms with van der Waals surface area (Å²) in [5.74, 6) is 0.903. The van der Waals surface area contributed by atoms with Crippen LogP contribution in [0.25, 0.3) is 0 Å². The van der Waals surface area contributed by atoms with Crippen LogP contribution in [0.3, 0.4) is 0 Å². The van der Waals surface area contributed by atoms with Crippen LogP contribution < -0.4 is 0 Å². The van der Waals surface area contributed by atoms with Crippen molar-refractivity contribution in [2.45, 2.75) is 19.7 Å². The molecule has 0 aromatic heterocycles.